The summed E-state index contributed by atoms with van der Waals surface area (Å²) >= 11 is 5.81. The zero-order valence-electron chi connectivity index (χ0n) is 17.5. The Kier molecular flexibility index (Phi) is 6.02. The lowest BCUT2D eigenvalue weighted by Crippen LogP contribution is -2.47. The van der Waals surface area contributed by atoms with Gasteiger partial charge in [-0.05, 0) is 37.8 Å². The van der Waals surface area contributed by atoms with Gasteiger partial charge in [-0.15, -0.1) is 0 Å². The van der Waals surface area contributed by atoms with Crippen molar-refractivity contribution in [2.24, 2.45) is 0 Å². The van der Waals surface area contributed by atoms with Crippen LogP contribution in [0, 0.1) is 6.92 Å². The molecule has 2 saturated heterocycles. The number of pyridine rings is 1. The molecule has 1 unspecified atom stereocenters. The largest absolute Gasteiger partial charge is 0.372 e. The molecule has 2 fully saturated rings. The van der Waals surface area contributed by atoms with Crippen molar-refractivity contribution in [1.82, 2.24) is 19.9 Å². The predicted octanol–water partition coefficient (Wildman–Crippen LogP) is 1.92. The number of anilines is 2. The summed E-state index contributed by atoms with van der Waals surface area (Å²) in [7, 11) is -3.37. The van der Waals surface area contributed by atoms with Gasteiger partial charge in [0.25, 0.3) is 0 Å². The van der Waals surface area contributed by atoms with Crippen LogP contribution < -0.4 is 10.2 Å². The van der Waals surface area contributed by atoms with Gasteiger partial charge in [0.15, 0.2) is 14.9 Å². The quantitative estimate of drug-likeness (QED) is 0.714. The van der Waals surface area contributed by atoms with Crippen molar-refractivity contribution in [2.75, 3.05) is 36.1 Å². The second kappa shape index (κ2) is 8.58. The lowest BCUT2D eigenvalue weighted by atomic mass is 10.0. The van der Waals surface area contributed by atoms with Crippen molar-refractivity contribution in [2.45, 2.75) is 43.3 Å². The summed E-state index contributed by atoms with van der Waals surface area (Å²) in [5.41, 5.74) is 1.22. The molecule has 166 valence electrons. The van der Waals surface area contributed by atoms with Gasteiger partial charge < -0.3 is 15.1 Å². The average molecular weight is 465 g/mol. The van der Waals surface area contributed by atoms with Crippen LogP contribution in [0.3, 0.4) is 0 Å². The molecule has 1 N–H and O–H groups in total. The number of nitrogens with one attached hydrogen (secondary N) is 1. The summed E-state index contributed by atoms with van der Waals surface area (Å²) in [4.78, 5) is 29.6. The molecule has 0 bridgehead atoms. The van der Waals surface area contributed by atoms with Crippen LogP contribution in [0.25, 0.3) is 0 Å². The van der Waals surface area contributed by atoms with Crippen LogP contribution in [0.15, 0.2) is 29.7 Å². The molecule has 11 heteroatoms. The first kappa shape index (κ1) is 21.8. The van der Waals surface area contributed by atoms with Crippen LogP contribution >= 0.6 is 11.6 Å². The summed E-state index contributed by atoms with van der Waals surface area (Å²) in [6.45, 7) is 4.02. The fourth-order valence-corrected chi connectivity index (χ4v) is 5.29. The molecule has 2 aliphatic rings. The van der Waals surface area contributed by atoms with E-state index in [2.05, 4.69) is 25.2 Å². The normalized spacial score (nSPS) is 20.4. The molecule has 31 heavy (non-hydrogen) atoms. The third-order valence-corrected chi connectivity index (χ3v) is 7.12. The number of halogens is 1. The minimum Gasteiger partial charge on any atom is -0.372 e. The van der Waals surface area contributed by atoms with E-state index in [-0.39, 0.29) is 23.0 Å². The van der Waals surface area contributed by atoms with E-state index in [1.54, 1.807) is 25.4 Å². The van der Waals surface area contributed by atoms with E-state index < -0.39 is 9.84 Å². The highest BCUT2D eigenvalue weighted by atomic mass is 35.5. The Morgan fingerprint density at radius 3 is 2.42 bits per heavy atom. The fraction of sp³-hybridized carbons (Fsp3) is 0.500. The Morgan fingerprint density at radius 1 is 1.06 bits per heavy atom. The molecule has 0 radical (unpaired) electrons. The van der Waals surface area contributed by atoms with Crippen molar-refractivity contribution in [3.63, 3.8) is 0 Å². The van der Waals surface area contributed by atoms with Crippen molar-refractivity contribution in [3.05, 3.63) is 35.4 Å². The number of aryl methyl sites for hydroxylation is 1. The number of amides is 1. The van der Waals surface area contributed by atoms with Crippen LogP contribution in [0.5, 0.6) is 0 Å². The van der Waals surface area contributed by atoms with E-state index in [1.807, 2.05) is 4.90 Å². The van der Waals surface area contributed by atoms with Gasteiger partial charge in [0.1, 0.15) is 17.0 Å². The monoisotopic (exact) mass is 464 g/mol. The summed E-state index contributed by atoms with van der Waals surface area (Å²) in [6.07, 6.45) is 8.27. The zero-order valence-corrected chi connectivity index (χ0v) is 19.0. The maximum absolute atomic E-state index is 13.0. The molecule has 0 spiro atoms. The van der Waals surface area contributed by atoms with Crippen molar-refractivity contribution < 1.29 is 13.2 Å². The Bertz CT molecular complexity index is 1070. The molecule has 9 nitrogen and oxygen atoms in total. The number of aromatic nitrogens is 3. The van der Waals surface area contributed by atoms with Gasteiger partial charge in [-0.1, -0.05) is 11.6 Å². The first-order valence-corrected chi connectivity index (χ1v) is 12.5. The highest BCUT2D eigenvalue weighted by molar-refractivity contribution is 7.90. The molecule has 0 aliphatic carbocycles. The molecule has 4 heterocycles. The lowest BCUT2D eigenvalue weighted by Gasteiger charge is -2.37. The van der Waals surface area contributed by atoms with Crippen LogP contribution in [0.4, 0.5) is 11.5 Å². The smallest absolute Gasteiger partial charge is 0.245 e. The van der Waals surface area contributed by atoms with E-state index in [1.165, 1.54) is 6.20 Å². The topological polar surface area (TPSA) is 108 Å². The van der Waals surface area contributed by atoms with Crippen molar-refractivity contribution in [1.29, 1.82) is 0 Å². The second-order valence-electron chi connectivity index (χ2n) is 8.05. The summed E-state index contributed by atoms with van der Waals surface area (Å²) < 4.78 is 23.5. The maximum atomic E-state index is 13.0. The Labute approximate surface area is 186 Å². The molecule has 2 aromatic heterocycles. The van der Waals surface area contributed by atoms with E-state index >= 15 is 0 Å². The number of nitrogens with zero attached hydrogens (tertiary/aromatic N) is 5. The van der Waals surface area contributed by atoms with Gasteiger partial charge >= 0.3 is 0 Å². The van der Waals surface area contributed by atoms with Gasteiger partial charge in [0.2, 0.25) is 5.91 Å². The van der Waals surface area contributed by atoms with Gasteiger partial charge in [0, 0.05) is 31.9 Å². The Balaban J connectivity index is 1.35. The molecular weight excluding hydrogens is 440 g/mol. The zero-order chi connectivity index (χ0) is 22.2. The number of hydrogen-bond donors (Lipinski definition) is 1. The number of carbonyl (C=O) groups is 1. The number of piperidine rings is 1. The second-order valence-corrected chi connectivity index (χ2v) is 10.4. The van der Waals surface area contributed by atoms with Gasteiger partial charge in [-0.25, -0.2) is 23.4 Å². The highest BCUT2D eigenvalue weighted by Crippen LogP contribution is 2.26. The van der Waals surface area contributed by atoms with E-state index in [4.69, 9.17) is 11.6 Å². The third kappa shape index (κ3) is 4.74. The van der Waals surface area contributed by atoms with E-state index in [0.717, 1.165) is 38.0 Å². The molecule has 4 rings (SSSR count). The predicted molar refractivity (Wildman–Crippen MR) is 118 cm³/mol. The highest BCUT2D eigenvalue weighted by Gasteiger charge is 2.37. The van der Waals surface area contributed by atoms with E-state index in [9.17, 15) is 13.2 Å². The first-order valence-electron chi connectivity index (χ1n) is 10.2. The van der Waals surface area contributed by atoms with Crippen LogP contribution in [-0.4, -0.2) is 72.2 Å². The number of likely N-dealkylation sites (tertiary alicyclic amines) is 1. The minimum absolute atomic E-state index is 0.0644. The van der Waals surface area contributed by atoms with Crippen LogP contribution in [0.1, 0.15) is 24.8 Å². The molecular formula is C20H25ClN6O3S. The molecule has 2 aliphatic heterocycles. The molecule has 0 saturated carbocycles. The maximum Gasteiger partial charge on any atom is 0.245 e. The van der Waals surface area contributed by atoms with Crippen LogP contribution in [-0.2, 0) is 14.6 Å². The Morgan fingerprint density at radius 2 is 1.81 bits per heavy atom. The summed E-state index contributed by atoms with van der Waals surface area (Å²) in [6, 6.07) is 1.60. The van der Waals surface area contributed by atoms with Crippen LogP contribution in [0.2, 0.25) is 5.15 Å². The number of hydrogen-bond acceptors (Lipinski definition) is 8. The lowest BCUT2D eigenvalue weighted by molar-refractivity contribution is -0.130. The number of rotatable bonds is 5. The van der Waals surface area contributed by atoms with Crippen molar-refractivity contribution >= 4 is 38.9 Å². The third-order valence-electron chi connectivity index (χ3n) is 5.80. The molecule has 1 amide bonds. The van der Waals surface area contributed by atoms with Gasteiger partial charge in [-0.3, -0.25) is 4.79 Å². The average Bonchev–Trinajstić information content (AvgIpc) is 3.08. The number of sulfone groups is 1. The molecule has 2 aromatic rings. The Hall–Kier alpha value is -2.46. The molecule has 0 aromatic carbocycles. The number of carbonyl (C=O) groups excluding carboxylic acids is 1. The summed E-state index contributed by atoms with van der Waals surface area (Å²) in [5, 5.41) is 3.67. The summed E-state index contributed by atoms with van der Waals surface area (Å²) in [5.74, 6) is 0.880. The standard InChI is InChI=1S/C20H25ClN6O3S/c1-13-9-14(10-24-19(13)31(2,29)30)25-16-5-8-27(20(16)28)15-3-6-26(7-4-15)18-12-22-17(21)11-23-18/h9-12,15-16,25H,3-8H2,1-2H3. The van der Waals surface area contributed by atoms with Crippen molar-refractivity contribution in [3.8, 4) is 0 Å². The first-order chi connectivity index (χ1) is 14.7. The van der Waals surface area contributed by atoms with E-state index in [0.29, 0.717) is 29.4 Å². The van der Waals surface area contributed by atoms with Gasteiger partial charge in [0.05, 0.1) is 24.3 Å². The SMILES string of the molecule is Cc1cc(NC2CCN(C3CCN(c4cnc(Cl)cn4)CC3)C2=O)cnc1S(C)(=O)=O. The van der Waals surface area contributed by atoms with Gasteiger partial charge in [-0.2, -0.15) is 0 Å². The minimum atomic E-state index is -3.37. The fourth-order valence-electron chi connectivity index (χ4n) is 4.30. The molecule has 1 atom stereocenters.